The molecule has 13 heteroatoms. The number of nitrogens with one attached hydrogen (secondary N) is 3. The maximum absolute atomic E-state index is 12.1. The summed E-state index contributed by atoms with van der Waals surface area (Å²) in [5.74, 6) is 2.57. The number of carboxylic acid groups (broad SMARTS) is 1. The van der Waals surface area contributed by atoms with Crippen LogP contribution >= 0.6 is 11.6 Å². The van der Waals surface area contributed by atoms with Crippen molar-refractivity contribution in [1.82, 2.24) is 20.5 Å². The molecule has 1 saturated heterocycles. The van der Waals surface area contributed by atoms with Gasteiger partial charge in [0.25, 0.3) is 0 Å². The Kier molecular flexibility index (Phi) is 8.72. The van der Waals surface area contributed by atoms with Gasteiger partial charge in [-0.25, -0.2) is 9.59 Å². The summed E-state index contributed by atoms with van der Waals surface area (Å²) in [5, 5.41) is 18.4. The summed E-state index contributed by atoms with van der Waals surface area (Å²) in [6, 6.07) is 8.62. The van der Waals surface area contributed by atoms with Crippen LogP contribution in [0.15, 0.2) is 36.5 Å². The fraction of sp³-hybridized carbons (Fsp3) is 0.452. The van der Waals surface area contributed by atoms with Gasteiger partial charge in [0, 0.05) is 49.5 Å². The summed E-state index contributed by atoms with van der Waals surface area (Å²) in [6.07, 6.45) is 5.00. The Hall–Kier alpha value is -4.16. The lowest BCUT2D eigenvalue weighted by atomic mass is 9.90. The quantitative estimate of drug-likeness (QED) is 0.211. The van der Waals surface area contributed by atoms with E-state index in [1.54, 1.807) is 30.5 Å². The maximum atomic E-state index is 12.1. The van der Waals surface area contributed by atoms with Crippen molar-refractivity contribution < 1.29 is 33.6 Å². The van der Waals surface area contributed by atoms with Crippen molar-refractivity contribution in [3.8, 4) is 28.7 Å². The minimum atomic E-state index is -0.977. The number of fused-ring (bicyclic) bond motifs is 3. The van der Waals surface area contributed by atoms with Gasteiger partial charge in [0.2, 0.25) is 5.75 Å². The van der Waals surface area contributed by atoms with Crippen LogP contribution in [0.4, 0.5) is 15.3 Å². The Morgan fingerprint density at radius 3 is 2.61 bits per heavy atom. The summed E-state index contributed by atoms with van der Waals surface area (Å²) in [7, 11) is 0. The number of anilines is 1. The molecule has 2 aromatic carbocycles. The number of halogens is 1. The Morgan fingerprint density at radius 1 is 1.11 bits per heavy atom. The van der Waals surface area contributed by atoms with E-state index in [9.17, 15) is 9.59 Å². The molecule has 1 aliphatic carbocycles. The molecule has 2 fully saturated rings. The molecule has 1 aromatic heterocycles. The smallest absolute Gasteiger partial charge is 0.405 e. The molecule has 4 N–H and O–H groups in total. The molecule has 3 aromatic rings. The first kappa shape index (κ1) is 29.9. The third kappa shape index (κ3) is 7.13. The van der Waals surface area contributed by atoms with Crippen molar-refractivity contribution in [2.24, 2.45) is 0 Å². The Labute approximate surface area is 259 Å². The minimum absolute atomic E-state index is 0.238. The third-order valence-corrected chi connectivity index (χ3v) is 8.33. The van der Waals surface area contributed by atoms with Crippen molar-refractivity contribution in [2.75, 3.05) is 44.8 Å². The molecular formula is C31H36ClN5O7. The summed E-state index contributed by atoms with van der Waals surface area (Å²) in [4.78, 5) is 30.1. The van der Waals surface area contributed by atoms with E-state index in [1.807, 2.05) is 13.0 Å². The molecule has 0 unspecified atom stereocenters. The highest BCUT2D eigenvalue weighted by Crippen LogP contribution is 2.48. The SMILES string of the molecule is CC1(NC(=O)O)CCN(CCCOc2cc3nccc(Oc4ccc(NC(=O)NC5CC5)c(Cl)c4)c3c3c2OCCO3)CC1. The lowest BCUT2D eigenvalue weighted by Gasteiger charge is -2.39. The molecule has 3 aliphatic rings. The molecule has 0 radical (unpaired) electrons. The van der Waals surface area contributed by atoms with Crippen LogP contribution in [0.3, 0.4) is 0 Å². The lowest BCUT2D eigenvalue weighted by molar-refractivity contribution is 0.126. The molecule has 3 heterocycles. The average Bonchev–Trinajstić information content (AvgIpc) is 3.81. The second kappa shape index (κ2) is 12.8. The number of nitrogens with zero attached hydrogens (tertiary/aromatic N) is 2. The van der Waals surface area contributed by atoms with Gasteiger partial charge >= 0.3 is 12.1 Å². The highest BCUT2D eigenvalue weighted by molar-refractivity contribution is 6.33. The van der Waals surface area contributed by atoms with Crippen LogP contribution in [0.1, 0.15) is 39.0 Å². The van der Waals surface area contributed by atoms with E-state index in [0.29, 0.717) is 70.2 Å². The van der Waals surface area contributed by atoms with Crippen molar-refractivity contribution >= 4 is 40.3 Å². The molecule has 2 aliphatic heterocycles. The Balaban J connectivity index is 1.12. The number of aromatic nitrogens is 1. The first-order chi connectivity index (χ1) is 21.3. The number of ether oxygens (including phenoxy) is 4. The summed E-state index contributed by atoms with van der Waals surface area (Å²) in [5.41, 5.74) is 0.737. The number of benzene rings is 2. The van der Waals surface area contributed by atoms with Crippen LogP contribution in [-0.4, -0.2) is 78.2 Å². The molecule has 234 valence electrons. The van der Waals surface area contributed by atoms with Crippen LogP contribution in [-0.2, 0) is 0 Å². The fourth-order valence-electron chi connectivity index (χ4n) is 5.45. The molecule has 1 saturated carbocycles. The maximum Gasteiger partial charge on any atom is 0.405 e. The van der Waals surface area contributed by atoms with E-state index < -0.39 is 6.09 Å². The summed E-state index contributed by atoms with van der Waals surface area (Å²) >= 11 is 6.46. The summed E-state index contributed by atoms with van der Waals surface area (Å²) < 4.78 is 24.5. The van der Waals surface area contributed by atoms with E-state index in [4.69, 9.17) is 35.7 Å². The fourth-order valence-corrected chi connectivity index (χ4v) is 5.67. The molecule has 6 rings (SSSR count). The minimum Gasteiger partial charge on any atom is -0.489 e. The van der Waals surface area contributed by atoms with Crippen molar-refractivity contribution in [2.45, 2.75) is 50.6 Å². The van der Waals surface area contributed by atoms with Gasteiger partial charge in [0.15, 0.2) is 11.5 Å². The number of hydrogen-bond acceptors (Lipinski definition) is 8. The number of amides is 3. The van der Waals surface area contributed by atoms with Crippen LogP contribution < -0.4 is 34.9 Å². The van der Waals surface area contributed by atoms with Crippen molar-refractivity contribution in [3.05, 3.63) is 41.6 Å². The van der Waals surface area contributed by atoms with Crippen LogP contribution in [0.2, 0.25) is 5.02 Å². The largest absolute Gasteiger partial charge is 0.489 e. The van der Waals surface area contributed by atoms with E-state index in [1.165, 1.54) is 0 Å². The van der Waals surface area contributed by atoms with Gasteiger partial charge in [-0.15, -0.1) is 0 Å². The second-order valence-electron chi connectivity index (χ2n) is 11.6. The number of carbonyl (C=O) groups excluding carboxylic acids is 1. The zero-order chi connectivity index (χ0) is 30.7. The standard InChI is InChI=1S/C31H36ClN5O7/c1-31(36-30(39)40)8-12-37(13-9-31)11-2-14-41-25-18-23-26(28-27(25)42-15-16-43-28)24(7-10-33-23)44-20-5-6-22(21(32)17-20)35-29(38)34-19-3-4-19/h5-7,10,17-19,36H,2-4,8-9,11-16H2,1H3,(H,39,40)(H2,34,35,38). The van der Waals surface area contributed by atoms with Gasteiger partial charge in [-0.3, -0.25) is 4.98 Å². The monoisotopic (exact) mass is 625 g/mol. The second-order valence-corrected chi connectivity index (χ2v) is 12.0. The number of rotatable bonds is 10. The number of likely N-dealkylation sites (tertiary alicyclic amines) is 1. The molecule has 0 atom stereocenters. The lowest BCUT2D eigenvalue weighted by Crippen LogP contribution is -2.53. The number of pyridine rings is 1. The van der Waals surface area contributed by atoms with E-state index in [0.717, 1.165) is 51.7 Å². The van der Waals surface area contributed by atoms with Gasteiger partial charge < -0.3 is 44.9 Å². The zero-order valence-electron chi connectivity index (χ0n) is 24.5. The first-order valence-electron chi connectivity index (χ1n) is 14.9. The van der Waals surface area contributed by atoms with E-state index in [-0.39, 0.29) is 17.6 Å². The number of hydrogen-bond donors (Lipinski definition) is 4. The Morgan fingerprint density at radius 2 is 1.89 bits per heavy atom. The van der Waals surface area contributed by atoms with Crippen molar-refractivity contribution in [3.63, 3.8) is 0 Å². The molecule has 3 amide bonds. The molecular weight excluding hydrogens is 590 g/mol. The van der Waals surface area contributed by atoms with Gasteiger partial charge in [0.1, 0.15) is 24.7 Å². The predicted octanol–water partition coefficient (Wildman–Crippen LogP) is 5.63. The molecule has 0 bridgehead atoms. The van der Waals surface area contributed by atoms with Gasteiger partial charge in [-0.05, 0) is 57.2 Å². The van der Waals surface area contributed by atoms with E-state index in [2.05, 4.69) is 25.8 Å². The predicted molar refractivity (Wildman–Crippen MR) is 165 cm³/mol. The van der Waals surface area contributed by atoms with Gasteiger partial charge in [-0.2, -0.15) is 0 Å². The average molecular weight is 626 g/mol. The number of urea groups is 1. The van der Waals surface area contributed by atoms with Gasteiger partial charge in [-0.1, -0.05) is 11.6 Å². The highest BCUT2D eigenvalue weighted by Gasteiger charge is 2.31. The van der Waals surface area contributed by atoms with Gasteiger partial charge in [0.05, 0.1) is 28.2 Å². The van der Waals surface area contributed by atoms with Crippen LogP contribution in [0.25, 0.3) is 10.9 Å². The number of piperidine rings is 1. The highest BCUT2D eigenvalue weighted by atomic mass is 35.5. The molecule has 44 heavy (non-hydrogen) atoms. The third-order valence-electron chi connectivity index (χ3n) is 8.02. The summed E-state index contributed by atoms with van der Waals surface area (Å²) in [6.45, 7) is 5.68. The van der Waals surface area contributed by atoms with E-state index >= 15 is 0 Å². The van der Waals surface area contributed by atoms with Crippen LogP contribution in [0.5, 0.6) is 28.7 Å². The topological polar surface area (TPSA) is 144 Å². The Bertz CT molecular complexity index is 1540. The molecule has 12 nitrogen and oxygen atoms in total. The first-order valence-corrected chi connectivity index (χ1v) is 15.3. The van der Waals surface area contributed by atoms with Crippen LogP contribution in [0, 0.1) is 0 Å². The number of carbonyl (C=O) groups is 2. The zero-order valence-corrected chi connectivity index (χ0v) is 25.2. The normalized spacial score (nSPS) is 17.5. The van der Waals surface area contributed by atoms with Crippen molar-refractivity contribution in [1.29, 1.82) is 0 Å². The molecule has 0 spiro atoms.